The van der Waals surface area contributed by atoms with Gasteiger partial charge in [-0.2, -0.15) is 0 Å². The van der Waals surface area contributed by atoms with Crippen molar-refractivity contribution in [3.8, 4) is 12.3 Å². The molecule has 68 valence electrons. The van der Waals surface area contributed by atoms with Crippen LogP contribution in [0, 0.1) is 12.3 Å². The molecule has 1 aromatic heterocycles. The maximum Gasteiger partial charge on any atom is 0.113 e. The van der Waals surface area contributed by atoms with Crippen LogP contribution in [0.1, 0.15) is 11.7 Å². The van der Waals surface area contributed by atoms with Crippen molar-refractivity contribution in [3.05, 3.63) is 28.0 Å². The Morgan fingerprint density at radius 2 is 2.31 bits per heavy atom. The number of nitrogens with one attached hydrogen (secondary N) is 1. The summed E-state index contributed by atoms with van der Waals surface area (Å²) in [5.74, 6) is 2.53. The molecule has 4 heteroatoms. The molecule has 1 atom stereocenters. The fourth-order valence-corrected chi connectivity index (χ4v) is 1.43. The van der Waals surface area contributed by atoms with E-state index in [1.807, 2.05) is 0 Å². The molecule has 1 unspecified atom stereocenters. The minimum atomic E-state index is -0.273. The Morgan fingerprint density at radius 3 is 2.77 bits per heavy atom. The number of hydrogen-bond acceptors (Lipinski definition) is 2. The van der Waals surface area contributed by atoms with E-state index in [2.05, 4.69) is 16.2 Å². The summed E-state index contributed by atoms with van der Waals surface area (Å²) >= 11 is 11.6. The Morgan fingerprint density at radius 1 is 1.62 bits per heavy atom. The van der Waals surface area contributed by atoms with Crippen molar-refractivity contribution in [1.82, 2.24) is 10.3 Å². The molecular formula is C9H8Cl2N2. The van der Waals surface area contributed by atoms with Gasteiger partial charge in [-0.15, -0.1) is 6.42 Å². The van der Waals surface area contributed by atoms with E-state index in [4.69, 9.17) is 29.6 Å². The monoisotopic (exact) mass is 214 g/mol. The van der Waals surface area contributed by atoms with Crippen LogP contribution in [-0.4, -0.2) is 12.0 Å². The van der Waals surface area contributed by atoms with Gasteiger partial charge in [-0.05, 0) is 13.1 Å². The first-order valence-electron chi connectivity index (χ1n) is 3.63. The summed E-state index contributed by atoms with van der Waals surface area (Å²) in [7, 11) is 1.75. The summed E-state index contributed by atoms with van der Waals surface area (Å²) in [4.78, 5) is 4.05. The number of halogens is 2. The van der Waals surface area contributed by atoms with Gasteiger partial charge in [-0.25, -0.2) is 0 Å². The quantitative estimate of drug-likeness (QED) is 0.765. The predicted octanol–water partition coefficient (Wildman–Crippen LogP) is 2.28. The number of nitrogens with zero attached hydrogens (tertiary/aromatic N) is 1. The van der Waals surface area contributed by atoms with Crippen LogP contribution < -0.4 is 5.32 Å². The summed E-state index contributed by atoms with van der Waals surface area (Å²) in [6.45, 7) is 0. The topological polar surface area (TPSA) is 24.9 Å². The van der Waals surface area contributed by atoms with Crippen LogP contribution >= 0.6 is 23.2 Å². The van der Waals surface area contributed by atoms with E-state index < -0.39 is 0 Å². The Labute approximate surface area is 87.3 Å². The second kappa shape index (κ2) is 4.48. The summed E-state index contributed by atoms with van der Waals surface area (Å²) in [6.07, 6.45) is 6.80. The molecule has 0 bridgehead atoms. The second-order valence-electron chi connectivity index (χ2n) is 2.41. The molecule has 0 saturated carbocycles. The minimum absolute atomic E-state index is 0.273. The van der Waals surface area contributed by atoms with Crippen LogP contribution in [0.25, 0.3) is 0 Å². The highest BCUT2D eigenvalue weighted by atomic mass is 35.5. The van der Waals surface area contributed by atoms with E-state index in [1.165, 1.54) is 6.20 Å². The molecule has 1 rings (SSSR count). The molecule has 0 spiro atoms. The molecule has 0 saturated heterocycles. The third-order valence-electron chi connectivity index (χ3n) is 1.57. The minimum Gasteiger partial charge on any atom is -0.302 e. The van der Waals surface area contributed by atoms with Crippen LogP contribution in [-0.2, 0) is 0 Å². The molecule has 0 fully saturated rings. The van der Waals surface area contributed by atoms with Crippen molar-refractivity contribution in [3.63, 3.8) is 0 Å². The smallest absolute Gasteiger partial charge is 0.113 e. The number of hydrogen-bond donors (Lipinski definition) is 1. The second-order valence-corrected chi connectivity index (χ2v) is 3.25. The average Bonchev–Trinajstić information content (AvgIpc) is 2.10. The number of aromatic nitrogens is 1. The lowest BCUT2D eigenvalue weighted by atomic mass is 10.2. The Balaban J connectivity index is 3.09. The summed E-state index contributed by atoms with van der Waals surface area (Å²) in [5.41, 5.74) is 0.621. The van der Waals surface area contributed by atoms with Crippen LogP contribution in [0.2, 0.25) is 10.0 Å². The van der Waals surface area contributed by atoms with E-state index in [-0.39, 0.29) is 6.04 Å². The molecule has 0 aliphatic carbocycles. The van der Waals surface area contributed by atoms with Gasteiger partial charge in [0, 0.05) is 6.20 Å². The molecule has 0 aliphatic heterocycles. The van der Waals surface area contributed by atoms with Crippen LogP contribution in [0.3, 0.4) is 0 Å². The van der Waals surface area contributed by atoms with Gasteiger partial charge in [0.15, 0.2) is 0 Å². The maximum absolute atomic E-state index is 5.90. The van der Waals surface area contributed by atoms with Gasteiger partial charge in [0.05, 0.1) is 15.7 Å². The van der Waals surface area contributed by atoms with E-state index in [0.717, 1.165) is 0 Å². The lowest BCUT2D eigenvalue weighted by Crippen LogP contribution is -2.15. The first-order chi connectivity index (χ1) is 6.19. The molecule has 2 nitrogen and oxygen atoms in total. The van der Waals surface area contributed by atoms with Gasteiger partial charge in [0.2, 0.25) is 0 Å². The van der Waals surface area contributed by atoms with Crippen molar-refractivity contribution in [2.45, 2.75) is 6.04 Å². The third kappa shape index (κ3) is 2.35. The highest BCUT2D eigenvalue weighted by molar-refractivity contribution is 6.34. The molecule has 1 N–H and O–H groups in total. The van der Waals surface area contributed by atoms with Crippen molar-refractivity contribution in [1.29, 1.82) is 0 Å². The molecule has 0 amide bonds. The molecule has 13 heavy (non-hydrogen) atoms. The number of terminal acetylenes is 1. The molecule has 0 radical (unpaired) electrons. The summed E-state index contributed by atoms with van der Waals surface area (Å²) < 4.78 is 0. The zero-order chi connectivity index (χ0) is 9.84. The molecule has 0 aliphatic rings. The lowest BCUT2D eigenvalue weighted by molar-refractivity contribution is 0.714. The van der Waals surface area contributed by atoms with Gasteiger partial charge >= 0.3 is 0 Å². The molecule has 1 heterocycles. The maximum atomic E-state index is 5.90. The van der Waals surface area contributed by atoms with Gasteiger partial charge in [0.1, 0.15) is 6.04 Å². The zero-order valence-electron chi connectivity index (χ0n) is 7.01. The number of rotatable bonds is 2. The van der Waals surface area contributed by atoms with Gasteiger partial charge in [-0.3, -0.25) is 4.98 Å². The van der Waals surface area contributed by atoms with E-state index in [9.17, 15) is 0 Å². The van der Waals surface area contributed by atoms with Crippen molar-refractivity contribution in [2.24, 2.45) is 0 Å². The van der Waals surface area contributed by atoms with Gasteiger partial charge in [0.25, 0.3) is 0 Å². The first kappa shape index (κ1) is 10.3. The SMILES string of the molecule is C#CC(NC)c1ncc(Cl)cc1Cl. The van der Waals surface area contributed by atoms with Crippen molar-refractivity contribution < 1.29 is 0 Å². The third-order valence-corrected chi connectivity index (χ3v) is 2.07. The van der Waals surface area contributed by atoms with E-state index >= 15 is 0 Å². The average molecular weight is 215 g/mol. The lowest BCUT2D eigenvalue weighted by Gasteiger charge is -2.09. The highest BCUT2D eigenvalue weighted by Crippen LogP contribution is 2.22. The summed E-state index contributed by atoms with van der Waals surface area (Å²) in [6, 6.07) is 1.34. The fraction of sp³-hybridized carbons (Fsp3) is 0.222. The fourth-order valence-electron chi connectivity index (χ4n) is 0.937. The van der Waals surface area contributed by atoms with Crippen molar-refractivity contribution in [2.75, 3.05) is 7.05 Å². The molecule has 0 aromatic carbocycles. The van der Waals surface area contributed by atoms with Gasteiger partial charge < -0.3 is 5.32 Å². The number of pyridine rings is 1. The summed E-state index contributed by atoms with van der Waals surface area (Å²) in [5, 5.41) is 3.88. The van der Waals surface area contributed by atoms with Gasteiger partial charge in [-0.1, -0.05) is 29.1 Å². The van der Waals surface area contributed by atoms with E-state index in [0.29, 0.717) is 15.7 Å². The first-order valence-corrected chi connectivity index (χ1v) is 4.39. The van der Waals surface area contributed by atoms with Crippen LogP contribution in [0.5, 0.6) is 0 Å². The van der Waals surface area contributed by atoms with Crippen molar-refractivity contribution >= 4 is 23.2 Å². The Hall–Kier alpha value is -0.750. The standard InChI is InChI=1S/C9H8Cl2N2/c1-3-8(12-2)9-7(11)4-6(10)5-13-9/h1,4-5,8,12H,2H3. The highest BCUT2D eigenvalue weighted by Gasteiger charge is 2.11. The van der Waals surface area contributed by atoms with Crippen LogP contribution in [0.4, 0.5) is 0 Å². The Kier molecular flexibility index (Phi) is 3.56. The Bertz CT molecular complexity index is 344. The zero-order valence-corrected chi connectivity index (χ0v) is 8.52. The largest absolute Gasteiger partial charge is 0.302 e. The molecule has 1 aromatic rings. The predicted molar refractivity (Wildman–Crippen MR) is 54.9 cm³/mol. The normalized spacial score (nSPS) is 12.2. The van der Waals surface area contributed by atoms with Crippen LogP contribution in [0.15, 0.2) is 12.3 Å². The van der Waals surface area contributed by atoms with E-state index in [1.54, 1.807) is 13.1 Å². The molecular weight excluding hydrogens is 207 g/mol.